The van der Waals surface area contributed by atoms with Crippen molar-refractivity contribution in [2.45, 2.75) is 31.2 Å². The average molecular weight is 428 g/mol. The Morgan fingerprint density at radius 3 is 2.48 bits per heavy atom. The first kappa shape index (κ1) is 22.3. The molecule has 3 rings (SSSR count). The molecule has 2 aromatic carbocycles. The molecular weight excluding hydrogens is 403 g/mol. The van der Waals surface area contributed by atoms with Gasteiger partial charge in [-0.1, -0.05) is 30.3 Å². The lowest BCUT2D eigenvalue weighted by atomic mass is 9.96. The number of halogens is 1. The first-order chi connectivity index (χ1) is 14.9. The molecule has 0 bridgehead atoms. The van der Waals surface area contributed by atoms with E-state index >= 15 is 0 Å². The summed E-state index contributed by atoms with van der Waals surface area (Å²) < 4.78 is 18.7. The molecule has 0 aromatic heterocycles. The molecule has 2 amide bonds. The fraction of sp³-hybridized carbons (Fsp3) is 0.348. The van der Waals surface area contributed by atoms with E-state index in [0.717, 1.165) is 11.3 Å². The number of carboxylic acids is 1. The molecule has 7 nitrogen and oxygen atoms in total. The maximum Gasteiger partial charge on any atom is 0.326 e. The van der Waals surface area contributed by atoms with Gasteiger partial charge in [0.15, 0.2) is 0 Å². The molecule has 0 unspecified atom stereocenters. The van der Waals surface area contributed by atoms with Gasteiger partial charge < -0.3 is 20.1 Å². The van der Waals surface area contributed by atoms with Gasteiger partial charge in [-0.3, -0.25) is 9.59 Å². The second-order valence-electron chi connectivity index (χ2n) is 7.43. The molecule has 2 aromatic rings. The molecule has 1 heterocycles. The maximum absolute atomic E-state index is 13.2. The summed E-state index contributed by atoms with van der Waals surface area (Å²) >= 11 is 0. The van der Waals surface area contributed by atoms with Crippen LogP contribution in [-0.2, 0) is 14.4 Å². The van der Waals surface area contributed by atoms with Crippen LogP contribution in [0.4, 0.5) is 4.39 Å². The summed E-state index contributed by atoms with van der Waals surface area (Å²) in [7, 11) is 0. The predicted octanol–water partition coefficient (Wildman–Crippen LogP) is 2.57. The molecule has 31 heavy (non-hydrogen) atoms. The number of benzene rings is 2. The van der Waals surface area contributed by atoms with E-state index in [1.54, 1.807) is 12.1 Å². The number of carbonyl (C=O) groups excluding carboxylic acids is 2. The van der Waals surface area contributed by atoms with Crippen molar-refractivity contribution < 1.29 is 28.6 Å². The van der Waals surface area contributed by atoms with Gasteiger partial charge in [0.05, 0.1) is 13.2 Å². The van der Waals surface area contributed by atoms with Gasteiger partial charge in [0.1, 0.15) is 17.6 Å². The summed E-state index contributed by atoms with van der Waals surface area (Å²) in [4.78, 5) is 37.5. The van der Waals surface area contributed by atoms with E-state index < -0.39 is 17.9 Å². The van der Waals surface area contributed by atoms with Crippen LogP contribution in [0.25, 0.3) is 0 Å². The number of aliphatic carboxylic acids is 1. The monoisotopic (exact) mass is 428 g/mol. The van der Waals surface area contributed by atoms with Crippen LogP contribution in [0.5, 0.6) is 5.75 Å². The average Bonchev–Trinajstić information content (AvgIpc) is 3.22. The largest absolute Gasteiger partial charge is 0.494 e. The molecule has 8 heteroatoms. The van der Waals surface area contributed by atoms with Crippen LogP contribution >= 0.6 is 0 Å². The normalized spacial score (nSPS) is 17.9. The summed E-state index contributed by atoms with van der Waals surface area (Å²) in [6.45, 7) is 0.318. The van der Waals surface area contributed by atoms with E-state index in [2.05, 4.69) is 5.32 Å². The summed E-state index contributed by atoms with van der Waals surface area (Å²) in [5, 5.41) is 12.1. The van der Waals surface area contributed by atoms with E-state index in [4.69, 9.17) is 4.74 Å². The second kappa shape index (κ2) is 10.6. The summed E-state index contributed by atoms with van der Waals surface area (Å²) in [5.41, 5.74) is 0.783. The third-order valence-electron chi connectivity index (χ3n) is 5.24. The Balaban J connectivity index is 1.45. The highest BCUT2D eigenvalue weighted by atomic mass is 19.1. The van der Waals surface area contributed by atoms with E-state index in [-0.39, 0.29) is 43.6 Å². The van der Waals surface area contributed by atoms with Crippen LogP contribution in [0, 0.1) is 5.82 Å². The zero-order chi connectivity index (χ0) is 22.2. The highest BCUT2D eigenvalue weighted by molar-refractivity contribution is 5.88. The topological polar surface area (TPSA) is 95.9 Å². The standard InChI is InChI=1S/C23H25FN2O5/c24-18-10-8-16(9-11-18)17-13-20(23(29)30)26(15-17)22(28)14-25-21(27)7-4-12-31-19-5-2-1-3-6-19/h1-3,5-6,8-11,17,20H,4,7,12-15H2,(H,25,27)(H,29,30)/t17-,20-/m0/s1. The van der Waals surface area contributed by atoms with Crippen molar-refractivity contribution in [3.63, 3.8) is 0 Å². The first-order valence-corrected chi connectivity index (χ1v) is 10.2. The number of hydrogen-bond acceptors (Lipinski definition) is 4. The van der Waals surface area contributed by atoms with Crippen LogP contribution < -0.4 is 10.1 Å². The van der Waals surface area contributed by atoms with Gasteiger partial charge in [-0.25, -0.2) is 9.18 Å². The quantitative estimate of drug-likeness (QED) is 0.599. The number of carbonyl (C=O) groups is 3. The molecule has 164 valence electrons. The highest BCUT2D eigenvalue weighted by Crippen LogP contribution is 2.32. The number of para-hydroxylation sites is 1. The predicted molar refractivity (Wildman–Crippen MR) is 111 cm³/mol. The van der Waals surface area contributed by atoms with Crippen LogP contribution in [0.3, 0.4) is 0 Å². The van der Waals surface area contributed by atoms with Gasteiger partial charge in [-0.05, 0) is 42.7 Å². The van der Waals surface area contributed by atoms with Crippen molar-refractivity contribution in [1.82, 2.24) is 10.2 Å². The Kier molecular flexibility index (Phi) is 7.59. The number of rotatable bonds is 9. The van der Waals surface area contributed by atoms with Crippen molar-refractivity contribution in [3.8, 4) is 5.75 Å². The van der Waals surface area contributed by atoms with Gasteiger partial charge in [0.25, 0.3) is 0 Å². The smallest absolute Gasteiger partial charge is 0.326 e. The number of hydrogen-bond donors (Lipinski definition) is 2. The van der Waals surface area contributed by atoms with Crippen molar-refractivity contribution in [3.05, 3.63) is 66.0 Å². The Hall–Kier alpha value is -3.42. The molecule has 1 saturated heterocycles. The van der Waals surface area contributed by atoms with Crippen molar-refractivity contribution in [1.29, 1.82) is 0 Å². The van der Waals surface area contributed by atoms with E-state index in [9.17, 15) is 23.9 Å². The van der Waals surface area contributed by atoms with Crippen molar-refractivity contribution in [2.75, 3.05) is 19.7 Å². The van der Waals surface area contributed by atoms with Gasteiger partial charge in [0, 0.05) is 18.9 Å². The van der Waals surface area contributed by atoms with Gasteiger partial charge in [0.2, 0.25) is 11.8 Å². The molecule has 1 fully saturated rings. The number of nitrogens with zero attached hydrogens (tertiary/aromatic N) is 1. The molecule has 0 radical (unpaired) electrons. The number of carboxylic acid groups (broad SMARTS) is 1. The van der Waals surface area contributed by atoms with Crippen molar-refractivity contribution in [2.24, 2.45) is 0 Å². The van der Waals surface area contributed by atoms with Crippen LogP contribution in [0.15, 0.2) is 54.6 Å². The van der Waals surface area contributed by atoms with Gasteiger partial charge in [-0.15, -0.1) is 0 Å². The minimum Gasteiger partial charge on any atom is -0.494 e. The third kappa shape index (κ3) is 6.28. The third-order valence-corrected chi connectivity index (χ3v) is 5.24. The molecule has 1 aliphatic rings. The zero-order valence-corrected chi connectivity index (χ0v) is 17.0. The Bertz CT molecular complexity index is 904. The van der Waals surface area contributed by atoms with E-state index in [1.165, 1.54) is 17.0 Å². The molecular formula is C23H25FN2O5. The molecule has 0 saturated carbocycles. The number of nitrogens with one attached hydrogen (secondary N) is 1. The van der Waals surface area contributed by atoms with E-state index in [0.29, 0.717) is 13.0 Å². The van der Waals surface area contributed by atoms with Crippen LogP contribution in [0.2, 0.25) is 0 Å². The number of likely N-dealkylation sites (tertiary alicyclic amines) is 1. The molecule has 0 aliphatic carbocycles. The summed E-state index contributed by atoms with van der Waals surface area (Å²) in [6.07, 6.45) is 0.932. The van der Waals surface area contributed by atoms with Gasteiger partial charge >= 0.3 is 5.97 Å². The molecule has 2 N–H and O–H groups in total. The molecule has 0 spiro atoms. The van der Waals surface area contributed by atoms with E-state index in [1.807, 2.05) is 30.3 Å². The second-order valence-corrected chi connectivity index (χ2v) is 7.43. The Morgan fingerprint density at radius 1 is 1.10 bits per heavy atom. The highest BCUT2D eigenvalue weighted by Gasteiger charge is 2.40. The molecule has 1 aliphatic heterocycles. The zero-order valence-electron chi connectivity index (χ0n) is 17.0. The fourth-order valence-corrected chi connectivity index (χ4v) is 3.63. The maximum atomic E-state index is 13.2. The number of amides is 2. The minimum atomic E-state index is -1.10. The SMILES string of the molecule is O=C(CCCOc1ccccc1)NCC(=O)N1C[C@@H](c2ccc(F)cc2)C[C@H]1C(=O)O. The molecule has 2 atom stereocenters. The van der Waals surface area contributed by atoms with Crippen LogP contribution in [0.1, 0.15) is 30.7 Å². The Morgan fingerprint density at radius 2 is 1.81 bits per heavy atom. The fourth-order valence-electron chi connectivity index (χ4n) is 3.63. The van der Waals surface area contributed by atoms with Crippen LogP contribution in [-0.4, -0.2) is 53.5 Å². The summed E-state index contributed by atoms with van der Waals surface area (Å²) in [5.74, 6) is -1.69. The lowest BCUT2D eigenvalue weighted by Crippen LogP contribution is -2.45. The first-order valence-electron chi connectivity index (χ1n) is 10.2. The summed E-state index contributed by atoms with van der Waals surface area (Å²) in [6, 6.07) is 14.1. The lowest BCUT2D eigenvalue weighted by molar-refractivity contribution is -0.148. The lowest BCUT2D eigenvalue weighted by Gasteiger charge is -2.21. The Labute approximate surface area is 179 Å². The van der Waals surface area contributed by atoms with Crippen molar-refractivity contribution >= 4 is 17.8 Å². The minimum absolute atomic E-state index is 0.195. The number of ether oxygens (including phenoxy) is 1. The van der Waals surface area contributed by atoms with Gasteiger partial charge in [-0.2, -0.15) is 0 Å².